The van der Waals surface area contributed by atoms with Crippen molar-refractivity contribution in [3.8, 4) is 6.07 Å². The highest BCUT2D eigenvalue weighted by Gasteiger charge is 1.77. The van der Waals surface area contributed by atoms with E-state index in [9.17, 15) is 0 Å². The first kappa shape index (κ1) is 5.38. The molecule has 0 aromatic carbocycles. The van der Waals surface area contributed by atoms with Crippen LogP contribution in [0.5, 0.6) is 0 Å². The topological polar surface area (TPSA) is 35.8 Å². The van der Waals surface area contributed by atoms with E-state index in [0.29, 0.717) is 0 Å². The number of rotatable bonds is 0. The predicted molar refractivity (Wildman–Crippen MR) is 27.3 cm³/mol. The number of nitriles is 1. The van der Waals surface area contributed by atoms with Gasteiger partial charge in [-0.1, -0.05) is 0 Å². The van der Waals surface area contributed by atoms with Crippen molar-refractivity contribution in [2.24, 2.45) is 0 Å². The van der Waals surface area contributed by atoms with Gasteiger partial charge in [0.05, 0.1) is 0 Å². The van der Waals surface area contributed by atoms with E-state index in [1.807, 2.05) is 0 Å². The summed E-state index contributed by atoms with van der Waals surface area (Å²) in [5, 5.41) is 10.4. The van der Waals surface area contributed by atoms with Gasteiger partial charge in [-0.2, -0.15) is 5.26 Å². The highest BCUT2D eigenvalue weighted by Crippen LogP contribution is 1.58. The van der Waals surface area contributed by atoms with Crippen LogP contribution in [0.15, 0.2) is 0 Å². The van der Waals surface area contributed by atoms with Gasteiger partial charge in [0.15, 0.2) is 4.99 Å². The minimum Gasteiger partial charge on any atom is -0.371 e. The number of hydrogen-bond donors (Lipinski definition) is 1. The van der Waals surface area contributed by atoms with Gasteiger partial charge >= 0.3 is 0 Å². The molecule has 0 rings (SSSR count). The average molecular weight is 100 g/mol. The molecule has 0 fully saturated rings. The first-order valence-corrected chi connectivity index (χ1v) is 1.84. The highest BCUT2D eigenvalue weighted by molar-refractivity contribution is 7.80. The van der Waals surface area contributed by atoms with Crippen molar-refractivity contribution in [1.29, 1.82) is 5.26 Å². The molecule has 0 aromatic heterocycles. The lowest BCUT2D eigenvalue weighted by Crippen LogP contribution is -2.11. The molecule has 0 atom stereocenters. The van der Waals surface area contributed by atoms with Gasteiger partial charge in [0.25, 0.3) is 0 Å². The summed E-state index contributed by atoms with van der Waals surface area (Å²) in [5.41, 5.74) is 0. The summed E-state index contributed by atoms with van der Waals surface area (Å²) in [6.07, 6.45) is 0. The summed E-state index contributed by atoms with van der Waals surface area (Å²) in [6.45, 7) is 0. The molecule has 0 unspecified atom stereocenters. The Labute approximate surface area is 41.8 Å². The first-order chi connectivity index (χ1) is 2.81. The second kappa shape index (κ2) is 2.61. The van der Waals surface area contributed by atoms with Crippen LogP contribution in [0.1, 0.15) is 0 Å². The van der Waals surface area contributed by atoms with E-state index >= 15 is 0 Å². The van der Waals surface area contributed by atoms with E-state index in [0.717, 1.165) is 0 Å². The molecule has 1 N–H and O–H groups in total. The Morgan fingerprint density at radius 2 is 2.50 bits per heavy atom. The fourth-order valence-corrected chi connectivity index (χ4v) is 0.0559. The number of thiocarbonyl (C=S) groups is 1. The van der Waals surface area contributed by atoms with Crippen molar-refractivity contribution in [2.45, 2.75) is 0 Å². The van der Waals surface area contributed by atoms with Gasteiger partial charge in [-0.05, 0) is 12.2 Å². The van der Waals surface area contributed by atoms with Crippen molar-refractivity contribution >= 4 is 17.2 Å². The normalized spacial score (nSPS) is 6.00. The summed E-state index contributed by atoms with van der Waals surface area (Å²) in [7, 11) is 1.62. The Morgan fingerprint density at radius 3 is 2.50 bits per heavy atom. The van der Waals surface area contributed by atoms with E-state index in [1.54, 1.807) is 13.1 Å². The molecule has 32 valence electrons. The summed E-state index contributed by atoms with van der Waals surface area (Å²) in [4.78, 5) is 0.231. The molecule has 3 heteroatoms. The smallest absolute Gasteiger partial charge is 0.178 e. The van der Waals surface area contributed by atoms with Gasteiger partial charge in [-0.3, -0.25) is 0 Å². The largest absolute Gasteiger partial charge is 0.371 e. The molecule has 0 aliphatic rings. The number of nitrogens with one attached hydrogen (secondary N) is 1. The van der Waals surface area contributed by atoms with Gasteiger partial charge in [-0.25, -0.2) is 0 Å². The van der Waals surface area contributed by atoms with Gasteiger partial charge in [0.2, 0.25) is 0 Å². The Hall–Kier alpha value is -0.620. The maximum Gasteiger partial charge on any atom is 0.178 e. The van der Waals surface area contributed by atoms with Crippen molar-refractivity contribution in [3.05, 3.63) is 0 Å². The van der Waals surface area contributed by atoms with Gasteiger partial charge < -0.3 is 5.32 Å². The molecule has 0 aliphatic heterocycles. The van der Waals surface area contributed by atoms with Crippen LogP contribution in [0, 0.1) is 11.3 Å². The first-order valence-electron chi connectivity index (χ1n) is 1.43. The Morgan fingerprint density at radius 1 is 2.00 bits per heavy atom. The lowest BCUT2D eigenvalue weighted by Gasteiger charge is -1.81. The zero-order chi connectivity index (χ0) is 4.99. The molecule has 0 heterocycles. The minimum absolute atomic E-state index is 0.231. The molecular formula is C3H4N2S. The van der Waals surface area contributed by atoms with Crippen LogP contribution in [0.3, 0.4) is 0 Å². The fourth-order valence-electron chi connectivity index (χ4n) is 0.0559. The minimum atomic E-state index is 0.231. The quantitative estimate of drug-likeness (QED) is 0.437. The van der Waals surface area contributed by atoms with E-state index in [1.165, 1.54) is 0 Å². The van der Waals surface area contributed by atoms with Crippen molar-refractivity contribution in [1.82, 2.24) is 5.32 Å². The van der Waals surface area contributed by atoms with Crippen LogP contribution in [0.25, 0.3) is 0 Å². The molecule has 0 spiro atoms. The van der Waals surface area contributed by atoms with Crippen LogP contribution in [-0.4, -0.2) is 12.0 Å². The van der Waals surface area contributed by atoms with E-state index in [2.05, 4.69) is 17.5 Å². The molecule has 0 bridgehead atoms. The van der Waals surface area contributed by atoms with Crippen LogP contribution < -0.4 is 5.32 Å². The molecule has 6 heavy (non-hydrogen) atoms. The Bertz CT molecular complexity index is 91.5. The molecule has 0 radical (unpaired) electrons. The second-order valence-electron chi connectivity index (χ2n) is 0.691. The Kier molecular flexibility index (Phi) is 2.34. The maximum absolute atomic E-state index is 7.88. The predicted octanol–water partition coefficient (Wildman–Crippen LogP) is 0.0568. The van der Waals surface area contributed by atoms with E-state index in [4.69, 9.17) is 5.26 Å². The second-order valence-corrected chi connectivity index (χ2v) is 1.10. The number of hydrogen-bond acceptors (Lipinski definition) is 2. The van der Waals surface area contributed by atoms with Crippen molar-refractivity contribution in [2.75, 3.05) is 7.05 Å². The lowest BCUT2D eigenvalue weighted by molar-refractivity contribution is 1.21. The SMILES string of the molecule is CNC(=S)C#N. The van der Waals surface area contributed by atoms with Crippen LogP contribution in [0.4, 0.5) is 0 Å². The molecule has 0 aliphatic carbocycles. The Balaban J connectivity index is 3.33. The zero-order valence-electron chi connectivity index (χ0n) is 3.36. The molecule has 2 nitrogen and oxygen atoms in total. The third-order valence-electron chi connectivity index (χ3n) is 0.329. The summed E-state index contributed by atoms with van der Waals surface area (Å²) >= 11 is 4.38. The van der Waals surface area contributed by atoms with Gasteiger partial charge in [0.1, 0.15) is 6.07 Å². The monoisotopic (exact) mass is 100 g/mol. The lowest BCUT2D eigenvalue weighted by atomic mass is 10.7. The summed E-state index contributed by atoms with van der Waals surface area (Å²) < 4.78 is 0. The standard InChI is InChI=1S/C3H4N2S/c1-5-3(6)2-4/h1H3,(H,5,6). The van der Waals surface area contributed by atoms with Crippen molar-refractivity contribution in [3.63, 3.8) is 0 Å². The maximum atomic E-state index is 7.88. The third-order valence-corrected chi connectivity index (χ3v) is 0.624. The van der Waals surface area contributed by atoms with Crippen LogP contribution >= 0.6 is 12.2 Å². The van der Waals surface area contributed by atoms with Gasteiger partial charge in [-0.15, -0.1) is 0 Å². The average Bonchev–Trinajstić information content (AvgIpc) is 1.65. The van der Waals surface area contributed by atoms with E-state index in [-0.39, 0.29) is 4.99 Å². The number of nitrogens with zero attached hydrogens (tertiary/aromatic N) is 1. The van der Waals surface area contributed by atoms with Crippen molar-refractivity contribution < 1.29 is 0 Å². The van der Waals surface area contributed by atoms with Crippen LogP contribution in [0.2, 0.25) is 0 Å². The summed E-state index contributed by atoms with van der Waals surface area (Å²) in [6, 6.07) is 1.73. The third kappa shape index (κ3) is 1.68. The van der Waals surface area contributed by atoms with E-state index < -0.39 is 0 Å². The molecule has 0 aromatic rings. The molecule has 0 saturated heterocycles. The molecule has 0 saturated carbocycles. The zero-order valence-corrected chi connectivity index (χ0v) is 4.17. The van der Waals surface area contributed by atoms with Crippen LogP contribution in [-0.2, 0) is 0 Å². The molecular weight excluding hydrogens is 96.1 g/mol. The highest BCUT2D eigenvalue weighted by atomic mass is 32.1. The fraction of sp³-hybridized carbons (Fsp3) is 0.333. The summed E-state index contributed by atoms with van der Waals surface area (Å²) in [5.74, 6) is 0. The van der Waals surface area contributed by atoms with Gasteiger partial charge in [0, 0.05) is 7.05 Å². The molecule has 0 amide bonds.